The lowest BCUT2D eigenvalue weighted by molar-refractivity contribution is 0.1000. The zero-order chi connectivity index (χ0) is 17.1. The maximum atomic E-state index is 11.1. The maximum absolute atomic E-state index is 11.1. The summed E-state index contributed by atoms with van der Waals surface area (Å²) in [4.78, 5) is 24.5. The van der Waals surface area contributed by atoms with Gasteiger partial charge in [-0.15, -0.1) is 0 Å². The largest absolute Gasteiger partial charge is 0.366 e. The first-order valence-electron chi connectivity index (χ1n) is 8.26. The molecule has 2 aromatic heterocycles. The third-order valence-electron chi connectivity index (χ3n) is 4.40. The van der Waals surface area contributed by atoms with E-state index < -0.39 is 5.91 Å². The van der Waals surface area contributed by atoms with Crippen LogP contribution >= 0.6 is 0 Å². The monoisotopic (exact) mass is 325 g/mol. The number of primary amides is 1. The van der Waals surface area contributed by atoms with Crippen molar-refractivity contribution in [2.45, 2.75) is 19.8 Å². The van der Waals surface area contributed by atoms with Crippen molar-refractivity contribution in [3.8, 4) is 0 Å². The normalized spacial score (nSPS) is 15.0. The summed E-state index contributed by atoms with van der Waals surface area (Å²) in [7, 11) is 0. The number of hydrogen-bond acceptors (Lipinski definition) is 5. The van der Waals surface area contributed by atoms with E-state index in [1.165, 1.54) is 11.8 Å². The Morgan fingerprint density at radius 2 is 1.50 bits per heavy atom. The molecule has 3 rings (SSSR count). The highest BCUT2D eigenvalue weighted by Crippen LogP contribution is 2.20. The van der Waals surface area contributed by atoms with E-state index in [1.807, 2.05) is 12.3 Å². The first-order valence-corrected chi connectivity index (χ1v) is 8.26. The molecular formula is C18H23N5O. The van der Waals surface area contributed by atoms with Gasteiger partial charge in [0.25, 0.3) is 0 Å². The summed E-state index contributed by atoms with van der Waals surface area (Å²) in [6, 6.07) is 7.84. The SMILES string of the molecule is CC(C)c1ccc(N2CCN(c3ccc(C(N)=O)cn3)CC2)nc1. The standard InChI is InChI=1S/C18H23N5O/c1-13(2)14-3-5-16(20-11-14)22-7-9-23(10-8-22)17-6-4-15(12-21-17)18(19)24/h3-6,11-13H,7-10H2,1-2H3,(H2,19,24). The number of anilines is 2. The van der Waals surface area contributed by atoms with E-state index in [9.17, 15) is 4.79 Å². The van der Waals surface area contributed by atoms with Crippen LogP contribution < -0.4 is 15.5 Å². The molecule has 0 unspecified atom stereocenters. The molecule has 126 valence electrons. The van der Waals surface area contributed by atoms with Crippen LogP contribution in [0.4, 0.5) is 11.6 Å². The molecule has 24 heavy (non-hydrogen) atoms. The summed E-state index contributed by atoms with van der Waals surface area (Å²) in [5, 5.41) is 0. The van der Waals surface area contributed by atoms with Gasteiger partial charge >= 0.3 is 0 Å². The van der Waals surface area contributed by atoms with Gasteiger partial charge in [0.05, 0.1) is 5.56 Å². The lowest BCUT2D eigenvalue weighted by atomic mass is 10.1. The Balaban J connectivity index is 1.61. The Bertz CT molecular complexity index is 688. The van der Waals surface area contributed by atoms with Crippen molar-refractivity contribution >= 4 is 17.5 Å². The van der Waals surface area contributed by atoms with Gasteiger partial charge in [0.2, 0.25) is 5.91 Å². The van der Waals surface area contributed by atoms with Crippen LogP contribution in [0.25, 0.3) is 0 Å². The van der Waals surface area contributed by atoms with Gasteiger partial charge in [-0.2, -0.15) is 0 Å². The molecule has 0 radical (unpaired) electrons. The minimum absolute atomic E-state index is 0.437. The summed E-state index contributed by atoms with van der Waals surface area (Å²) in [6.07, 6.45) is 3.51. The molecule has 0 saturated carbocycles. The fourth-order valence-electron chi connectivity index (χ4n) is 2.81. The Morgan fingerprint density at radius 1 is 0.958 bits per heavy atom. The van der Waals surface area contributed by atoms with Crippen molar-refractivity contribution in [2.24, 2.45) is 5.73 Å². The van der Waals surface area contributed by atoms with Crippen LogP contribution in [0.15, 0.2) is 36.7 Å². The molecule has 1 amide bonds. The average Bonchev–Trinajstić information content (AvgIpc) is 2.62. The van der Waals surface area contributed by atoms with Gasteiger partial charge in [0.15, 0.2) is 0 Å². The number of pyridine rings is 2. The average molecular weight is 325 g/mol. The van der Waals surface area contributed by atoms with Crippen LogP contribution in [0.3, 0.4) is 0 Å². The summed E-state index contributed by atoms with van der Waals surface area (Å²) in [5.41, 5.74) is 6.95. The second-order valence-corrected chi connectivity index (χ2v) is 6.35. The number of piperazine rings is 1. The molecule has 0 aromatic carbocycles. The van der Waals surface area contributed by atoms with Crippen molar-refractivity contribution in [1.29, 1.82) is 0 Å². The molecule has 6 nitrogen and oxygen atoms in total. The number of hydrogen-bond donors (Lipinski definition) is 1. The minimum atomic E-state index is -0.449. The molecule has 1 saturated heterocycles. The topological polar surface area (TPSA) is 75.3 Å². The van der Waals surface area contributed by atoms with E-state index in [-0.39, 0.29) is 0 Å². The molecule has 0 bridgehead atoms. The van der Waals surface area contributed by atoms with Crippen LogP contribution in [0.2, 0.25) is 0 Å². The highest BCUT2D eigenvalue weighted by atomic mass is 16.1. The quantitative estimate of drug-likeness (QED) is 0.931. The lowest BCUT2D eigenvalue weighted by Gasteiger charge is -2.36. The van der Waals surface area contributed by atoms with Gasteiger partial charge < -0.3 is 15.5 Å². The fourth-order valence-corrected chi connectivity index (χ4v) is 2.81. The van der Waals surface area contributed by atoms with E-state index in [2.05, 4.69) is 45.7 Å². The number of amides is 1. The number of nitrogens with zero attached hydrogens (tertiary/aromatic N) is 4. The number of aromatic nitrogens is 2. The lowest BCUT2D eigenvalue weighted by Crippen LogP contribution is -2.47. The van der Waals surface area contributed by atoms with Crippen LogP contribution in [0, 0.1) is 0 Å². The summed E-state index contributed by atoms with van der Waals surface area (Å²) >= 11 is 0. The molecule has 1 aliphatic heterocycles. The number of carbonyl (C=O) groups is 1. The first kappa shape index (κ1) is 16.2. The molecule has 1 aliphatic rings. The van der Waals surface area contributed by atoms with Gasteiger partial charge in [0.1, 0.15) is 11.6 Å². The van der Waals surface area contributed by atoms with Crippen LogP contribution in [0.1, 0.15) is 35.7 Å². The Morgan fingerprint density at radius 3 is 1.88 bits per heavy atom. The first-order chi connectivity index (χ1) is 11.5. The van der Waals surface area contributed by atoms with Gasteiger partial charge in [0, 0.05) is 38.6 Å². The van der Waals surface area contributed by atoms with E-state index >= 15 is 0 Å². The number of carbonyl (C=O) groups excluding carboxylic acids is 1. The zero-order valence-corrected chi connectivity index (χ0v) is 14.1. The molecule has 2 N–H and O–H groups in total. The highest BCUT2D eigenvalue weighted by Gasteiger charge is 2.19. The van der Waals surface area contributed by atoms with Crippen molar-refractivity contribution in [2.75, 3.05) is 36.0 Å². The Labute approximate surface area is 142 Å². The predicted octanol–water partition coefficient (Wildman–Crippen LogP) is 2.03. The van der Waals surface area contributed by atoms with E-state index in [0.29, 0.717) is 11.5 Å². The Kier molecular flexibility index (Phi) is 4.64. The third kappa shape index (κ3) is 3.48. The number of nitrogens with two attached hydrogens (primary N) is 1. The van der Waals surface area contributed by atoms with Gasteiger partial charge in [-0.05, 0) is 29.7 Å². The van der Waals surface area contributed by atoms with E-state index in [1.54, 1.807) is 6.07 Å². The molecule has 2 aromatic rings. The smallest absolute Gasteiger partial charge is 0.250 e. The van der Waals surface area contributed by atoms with Crippen molar-refractivity contribution in [3.05, 3.63) is 47.8 Å². The van der Waals surface area contributed by atoms with Crippen molar-refractivity contribution < 1.29 is 4.79 Å². The van der Waals surface area contributed by atoms with Crippen LogP contribution in [0.5, 0.6) is 0 Å². The predicted molar refractivity (Wildman–Crippen MR) is 95.5 cm³/mol. The molecule has 6 heteroatoms. The summed E-state index contributed by atoms with van der Waals surface area (Å²) in [5.74, 6) is 1.95. The van der Waals surface area contributed by atoms with E-state index in [0.717, 1.165) is 37.8 Å². The second-order valence-electron chi connectivity index (χ2n) is 6.35. The molecular weight excluding hydrogens is 302 g/mol. The summed E-state index contributed by atoms with van der Waals surface area (Å²) in [6.45, 7) is 7.88. The van der Waals surface area contributed by atoms with Crippen LogP contribution in [-0.2, 0) is 0 Å². The molecule has 3 heterocycles. The number of rotatable bonds is 4. The molecule has 0 spiro atoms. The zero-order valence-electron chi connectivity index (χ0n) is 14.1. The van der Waals surface area contributed by atoms with E-state index in [4.69, 9.17) is 5.73 Å². The molecule has 1 fully saturated rings. The fraction of sp³-hybridized carbons (Fsp3) is 0.389. The highest BCUT2D eigenvalue weighted by molar-refractivity contribution is 5.92. The van der Waals surface area contributed by atoms with Crippen molar-refractivity contribution in [1.82, 2.24) is 9.97 Å². The van der Waals surface area contributed by atoms with Crippen LogP contribution in [-0.4, -0.2) is 42.1 Å². The van der Waals surface area contributed by atoms with Gasteiger partial charge in [-0.3, -0.25) is 4.79 Å². The van der Waals surface area contributed by atoms with Gasteiger partial charge in [-0.1, -0.05) is 19.9 Å². The molecule has 0 aliphatic carbocycles. The molecule has 0 atom stereocenters. The van der Waals surface area contributed by atoms with Crippen molar-refractivity contribution in [3.63, 3.8) is 0 Å². The summed E-state index contributed by atoms with van der Waals surface area (Å²) < 4.78 is 0. The van der Waals surface area contributed by atoms with Gasteiger partial charge in [-0.25, -0.2) is 9.97 Å². The second kappa shape index (κ2) is 6.86. The Hall–Kier alpha value is -2.63. The minimum Gasteiger partial charge on any atom is -0.366 e. The maximum Gasteiger partial charge on any atom is 0.250 e. The third-order valence-corrected chi connectivity index (χ3v) is 4.40.